The van der Waals surface area contributed by atoms with Crippen LogP contribution in [-0.2, 0) is 23.0 Å². The molecule has 0 saturated heterocycles. The summed E-state index contributed by atoms with van der Waals surface area (Å²) >= 11 is 5.27. The summed E-state index contributed by atoms with van der Waals surface area (Å²) in [5.74, 6) is 0. The fraction of sp³-hybridized carbons (Fsp3) is 1.00. The molecule has 0 aromatic rings. The molecule has 0 aliphatic carbocycles. The largest absolute Gasteiger partial charge is 0.512 e. The van der Waals surface area contributed by atoms with Crippen molar-refractivity contribution in [1.29, 1.82) is 0 Å². The van der Waals surface area contributed by atoms with E-state index in [0.29, 0.717) is 0 Å². The van der Waals surface area contributed by atoms with Gasteiger partial charge in [-0.2, -0.15) is 0 Å². The molecule has 0 rings (SSSR count). The van der Waals surface area contributed by atoms with Crippen LogP contribution in [0.15, 0.2) is 0 Å². The van der Waals surface area contributed by atoms with Gasteiger partial charge in [-0.1, -0.05) is 4.31 Å². The van der Waals surface area contributed by atoms with Crippen molar-refractivity contribution >= 4 is 34.2 Å². The molecule has 0 aliphatic rings. The van der Waals surface area contributed by atoms with Crippen molar-refractivity contribution in [2.45, 2.75) is 0 Å². The minimum Gasteiger partial charge on any atom is -0.263 e. The Morgan fingerprint density at radius 3 is 2.55 bits per heavy atom. The molecule has 0 bridgehead atoms. The van der Waals surface area contributed by atoms with Gasteiger partial charge in [0, 0.05) is 0 Å². The molecule has 5 nitrogen and oxygen atoms in total. The summed E-state index contributed by atoms with van der Waals surface area (Å²) in [4.78, 5) is 4.14. The van der Waals surface area contributed by atoms with Gasteiger partial charge in [-0.3, -0.25) is 4.57 Å². The quantitative estimate of drug-likeness (QED) is 0.419. The molecule has 0 aromatic carbocycles. The van der Waals surface area contributed by atoms with Crippen molar-refractivity contribution in [2.75, 3.05) is 13.8 Å². The number of rotatable bonds is 5. The van der Waals surface area contributed by atoms with Crippen LogP contribution in [0.1, 0.15) is 0 Å². The number of hydrogen-bond donors (Lipinski definition) is 0. The molecule has 0 N–H and O–H groups in total. The van der Waals surface area contributed by atoms with Gasteiger partial charge in [-0.15, -0.1) is 0 Å². The van der Waals surface area contributed by atoms with Crippen LogP contribution in [0.25, 0.3) is 0 Å². The van der Waals surface area contributed by atoms with Crippen LogP contribution in [0.4, 0.5) is 0 Å². The highest BCUT2D eigenvalue weighted by Gasteiger charge is 2.31. The van der Waals surface area contributed by atoms with E-state index in [-0.39, 0.29) is 0 Å². The molecule has 3 unspecified atom stereocenters. The molecule has 0 aliphatic heterocycles. The minimum absolute atomic E-state index is 0.656. The molecule has 0 aromatic heterocycles. The van der Waals surface area contributed by atoms with Crippen LogP contribution >= 0.6 is 34.2 Å². The first-order chi connectivity index (χ1) is 4.98. The van der Waals surface area contributed by atoms with Crippen molar-refractivity contribution in [2.24, 2.45) is 0 Å². The number of hydrogen-bond acceptors (Lipinski definition) is 5. The highest BCUT2D eigenvalue weighted by Crippen LogP contribution is 2.72. The Labute approximate surface area is 71.5 Å². The zero-order chi connectivity index (χ0) is 8.91. The van der Waals surface area contributed by atoms with Gasteiger partial charge in [0.25, 0.3) is 0 Å². The minimum atomic E-state index is -3.40. The second-order valence-electron chi connectivity index (χ2n) is 1.34. The van der Waals surface area contributed by atoms with Gasteiger partial charge in [0.15, 0.2) is 15.2 Å². The van der Waals surface area contributed by atoms with Crippen LogP contribution < -0.4 is 0 Å². The van der Waals surface area contributed by atoms with Crippen molar-refractivity contribution < 1.29 is 23.0 Å². The molecule has 3 atom stereocenters. The smallest absolute Gasteiger partial charge is 0.263 e. The van der Waals surface area contributed by atoms with Gasteiger partial charge in [0.05, 0.1) is 7.11 Å². The second-order valence-corrected chi connectivity index (χ2v) is 8.68. The molecule has 0 radical (unpaired) electrons. The maximum atomic E-state index is 10.9. The summed E-state index contributed by atoms with van der Waals surface area (Å²) in [7, 11) is -1.39. The average Bonchev–Trinajstić information content (AvgIpc) is 1.81. The summed E-state index contributed by atoms with van der Waals surface area (Å²) in [6.07, 6.45) is -3.40. The fourth-order valence-corrected chi connectivity index (χ4v) is 4.59. The van der Waals surface area contributed by atoms with Crippen molar-refractivity contribution in [3.8, 4) is 0 Å². The number of halogens is 1. The molecule has 0 saturated carbocycles. The van der Waals surface area contributed by atoms with Gasteiger partial charge in [-0.05, 0) is 15.8 Å². The lowest BCUT2D eigenvalue weighted by molar-refractivity contribution is -0.163. The molecular formula is C2H7ClO5P3+. The van der Waals surface area contributed by atoms with E-state index in [2.05, 4.69) is 13.9 Å². The zero-order valence-corrected chi connectivity index (χ0v) is 9.36. The van der Waals surface area contributed by atoms with Crippen molar-refractivity contribution in [1.82, 2.24) is 0 Å². The summed E-state index contributed by atoms with van der Waals surface area (Å²) in [5, 5.41) is 0. The first-order valence-electron chi connectivity index (χ1n) is 2.35. The second kappa shape index (κ2) is 5.55. The van der Waals surface area contributed by atoms with E-state index in [1.165, 1.54) is 13.8 Å². The van der Waals surface area contributed by atoms with Gasteiger partial charge in [-0.25, -0.2) is 9.56 Å². The molecule has 0 amide bonds. The maximum Gasteiger partial charge on any atom is 0.512 e. The van der Waals surface area contributed by atoms with Crippen LogP contribution in [0.5, 0.6) is 0 Å². The van der Waals surface area contributed by atoms with E-state index in [4.69, 9.17) is 11.2 Å². The molecule has 0 fully saturated rings. The predicted octanol–water partition coefficient (Wildman–Crippen LogP) is 2.89. The van der Waals surface area contributed by atoms with E-state index < -0.39 is 22.9 Å². The predicted molar refractivity (Wildman–Crippen MR) is 44.5 cm³/mol. The maximum absolute atomic E-state index is 10.9. The highest BCUT2D eigenvalue weighted by molar-refractivity contribution is 8.33. The Morgan fingerprint density at radius 1 is 1.64 bits per heavy atom. The first kappa shape index (κ1) is 11.9. The van der Waals surface area contributed by atoms with E-state index in [0.717, 1.165) is 0 Å². The Morgan fingerprint density at radius 2 is 2.18 bits per heavy atom. The molecule has 66 valence electrons. The zero-order valence-electron chi connectivity index (χ0n) is 5.81. The fourth-order valence-electron chi connectivity index (χ4n) is 0.246. The summed E-state index contributed by atoms with van der Waals surface area (Å²) in [6.45, 7) is 1.25. The lowest BCUT2D eigenvalue weighted by Gasteiger charge is -1.99. The third kappa shape index (κ3) is 7.30. The van der Waals surface area contributed by atoms with Crippen LogP contribution in [0, 0.1) is 0 Å². The molecular weight excluding hydrogens is 232 g/mol. The topological polar surface area (TPSA) is 61.8 Å². The van der Waals surface area contributed by atoms with E-state index in [1.807, 2.05) is 0 Å². The van der Waals surface area contributed by atoms with Gasteiger partial charge in [0.1, 0.15) is 0 Å². The van der Waals surface area contributed by atoms with E-state index in [9.17, 15) is 9.13 Å². The van der Waals surface area contributed by atoms with Crippen molar-refractivity contribution in [3.63, 3.8) is 0 Å². The molecule has 11 heavy (non-hydrogen) atoms. The summed E-state index contributed by atoms with van der Waals surface area (Å²) in [5.41, 5.74) is 0. The van der Waals surface area contributed by atoms with Gasteiger partial charge < -0.3 is 0 Å². The highest BCUT2D eigenvalue weighted by atomic mass is 35.7. The standard InChI is InChI=1S/C2H7ClO5P3/c1-6-7-9-11(3,5)8-10(2)4/h9H,1-2H3/q+1. The Kier molecular flexibility index (Phi) is 6.02. The first-order valence-corrected chi connectivity index (χ1v) is 8.25. The Balaban J connectivity index is 3.80. The van der Waals surface area contributed by atoms with Crippen LogP contribution in [0.2, 0.25) is 0 Å². The van der Waals surface area contributed by atoms with Gasteiger partial charge in [0.2, 0.25) is 0 Å². The van der Waals surface area contributed by atoms with Crippen LogP contribution in [-0.4, -0.2) is 13.8 Å². The Hall–Kier alpha value is 0.930. The normalized spacial score (nSPS) is 18.6. The van der Waals surface area contributed by atoms with Crippen molar-refractivity contribution in [3.05, 3.63) is 0 Å². The third-order valence-electron chi connectivity index (χ3n) is 0.450. The SMILES string of the molecule is COOPP(=O)(Cl)O[P+](C)=O. The Bertz CT molecular complexity index is 183. The van der Waals surface area contributed by atoms with Gasteiger partial charge >= 0.3 is 14.4 Å². The third-order valence-corrected chi connectivity index (χ3v) is 5.46. The lowest BCUT2D eigenvalue weighted by Crippen LogP contribution is -1.73. The molecule has 9 heteroatoms. The van der Waals surface area contributed by atoms with E-state index in [1.54, 1.807) is 0 Å². The van der Waals surface area contributed by atoms with E-state index >= 15 is 0 Å². The summed E-state index contributed by atoms with van der Waals surface area (Å²) in [6, 6.07) is 0. The average molecular weight is 239 g/mol. The molecule has 0 spiro atoms. The van der Waals surface area contributed by atoms with Crippen LogP contribution in [0.3, 0.4) is 0 Å². The monoisotopic (exact) mass is 239 g/mol. The lowest BCUT2D eigenvalue weighted by atomic mass is 11.8. The summed E-state index contributed by atoms with van der Waals surface area (Å²) < 4.78 is 30.0. The molecule has 0 heterocycles.